The van der Waals surface area contributed by atoms with Crippen LogP contribution in [0.25, 0.3) is 5.69 Å². The zero-order valence-corrected chi connectivity index (χ0v) is 13.5. The van der Waals surface area contributed by atoms with Crippen LogP contribution in [0.4, 0.5) is 4.39 Å². The summed E-state index contributed by atoms with van der Waals surface area (Å²) >= 11 is 0. The second kappa shape index (κ2) is 7.52. The summed E-state index contributed by atoms with van der Waals surface area (Å²) in [5.74, 6) is 0.0630. The van der Waals surface area contributed by atoms with Crippen LogP contribution in [0, 0.1) is 5.82 Å². The van der Waals surface area contributed by atoms with Crippen LogP contribution < -0.4 is 10.1 Å². The van der Waals surface area contributed by atoms with Crippen molar-refractivity contribution >= 4 is 5.91 Å². The highest BCUT2D eigenvalue weighted by Crippen LogP contribution is 2.15. The molecule has 0 aliphatic heterocycles. The number of rotatable bonds is 6. The maximum atomic E-state index is 13.6. The lowest BCUT2D eigenvalue weighted by molar-refractivity contribution is 0.0945. The average Bonchev–Trinajstić information content (AvgIpc) is 3.09. The molecule has 0 spiro atoms. The topological polar surface area (TPSA) is 81.9 Å². The maximum Gasteiger partial charge on any atom is 0.254 e. The van der Waals surface area contributed by atoms with Crippen LogP contribution in [0.15, 0.2) is 48.5 Å². The summed E-state index contributed by atoms with van der Waals surface area (Å²) in [6.45, 7) is 2.55. The SMILES string of the molecule is CCOc1ccc(-n2nnnc2CNC(=O)c2ccccc2F)cc1. The Kier molecular flexibility index (Phi) is 4.98. The van der Waals surface area contributed by atoms with Gasteiger partial charge in [-0.25, -0.2) is 4.39 Å². The molecule has 0 saturated carbocycles. The van der Waals surface area contributed by atoms with Gasteiger partial charge in [-0.05, 0) is 53.7 Å². The van der Waals surface area contributed by atoms with E-state index in [-0.39, 0.29) is 12.1 Å². The quantitative estimate of drug-likeness (QED) is 0.743. The summed E-state index contributed by atoms with van der Waals surface area (Å²) in [6.07, 6.45) is 0. The molecule has 0 aliphatic carbocycles. The lowest BCUT2D eigenvalue weighted by Crippen LogP contribution is -2.25. The van der Waals surface area contributed by atoms with Crippen molar-refractivity contribution in [1.82, 2.24) is 25.5 Å². The van der Waals surface area contributed by atoms with E-state index in [4.69, 9.17) is 4.74 Å². The summed E-state index contributed by atoms with van der Waals surface area (Å²) in [5, 5.41) is 14.1. The van der Waals surface area contributed by atoms with E-state index < -0.39 is 11.7 Å². The van der Waals surface area contributed by atoms with Crippen molar-refractivity contribution in [2.24, 2.45) is 0 Å². The summed E-state index contributed by atoms with van der Waals surface area (Å²) in [7, 11) is 0. The molecule has 0 radical (unpaired) electrons. The fourth-order valence-corrected chi connectivity index (χ4v) is 2.27. The lowest BCUT2D eigenvalue weighted by atomic mass is 10.2. The predicted molar refractivity (Wildman–Crippen MR) is 87.9 cm³/mol. The predicted octanol–water partition coefficient (Wildman–Crippen LogP) is 2.13. The van der Waals surface area contributed by atoms with Crippen molar-refractivity contribution < 1.29 is 13.9 Å². The van der Waals surface area contributed by atoms with E-state index in [1.807, 2.05) is 31.2 Å². The molecule has 0 fully saturated rings. The van der Waals surface area contributed by atoms with Crippen LogP contribution in [-0.4, -0.2) is 32.7 Å². The number of amides is 1. The molecule has 1 heterocycles. The number of tetrazole rings is 1. The second-order valence-electron chi connectivity index (χ2n) is 5.10. The fourth-order valence-electron chi connectivity index (χ4n) is 2.27. The first-order valence-corrected chi connectivity index (χ1v) is 7.72. The van der Waals surface area contributed by atoms with Gasteiger partial charge in [0.25, 0.3) is 5.91 Å². The number of benzene rings is 2. The number of aromatic nitrogens is 4. The Bertz CT molecular complexity index is 863. The Labute approximate surface area is 143 Å². The van der Waals surface area contributed by atoms with E-state index in [9.17, 15) is 9.18 Å². The van der Waals surface area contributed by atoms with Crippen molar-refractivity contribution in [3.63, 3.8) is 0 Å². The maximum absolute atomic E-state index is 13.6. The van der Waals surface area contributed by atoms with Crippen LogP contribution in [-0.2, 0) is 6.54 Å². The Morgan fingerprint density at radius 2 is 1.96 bits per heavy atom. The summed E-state index contributed by atoms with van der Waals surface area (Å²) in [6, 6.07) is 13.0. The van der Waals surface area contributed by atoms with Gasteiger partial charge in [0.2, 0.25) is 0 Å². The number of hydrogen-bond acceptors (Lipinski definition) is 5. The highest BCUT2D eigenvalue weighted by molar-refractivity contribution is 5.94. The molecule has 3 aromatic rings. The zero-order chi connectivity index (χ0) is 17.6. The van der Waals surface area contributed by atoms with Gasteiger partial charge in [0.15, 0.2) is 5.82 Å². The van der Waals surface area contributed by atoms with Gasteiger partial charge in [-0.1, -0.05) is 12.1 Å². The number of carbonyl (C=O) groups excluding carboxylic acids is 1. The molecule has 3 rings (SSSR count). The first-order valence-electron chi connectivity index (χ1n) is 7.72. The molecule has 0 unspecified atom stereocenters. The molecule has 25 heavy (non-hydrogen) atoms. The monoisotopic (exact) mass is 341 g/mol. The van der Waals surface area contributed by atoms with E-state index in [2.05, 4.69) is 20.8 Å². The molecule has 1 aromatic heterocycles. The molecule has 0 bridgehead atoms. The smallest absolute Gasteiger partial charge is 0.254 e. The number of hydrogen-bond donors (Lipinski definition) is 1. The van der Waals surface area contributed by atoms with Gasteiger partial charge in [0.1, 0.15) is 11.6 Å². The molecule has 0 aliphatic rings. The van der Waals surface area contributed by atoms with Crippen LogP contribution in [0.1, 0.15) is 23.1 Å². The van der Waals surface area contributed by atoms with Crippen LogP contribution in [0.5, 0.6) is 5.75 Å². The van der Waals surface area contributed by atoms with E-state index in [1.54, 1.807) is 6.07 Å². The van der Waals surface area contributed by atoms with Crippen LogP contribution >= 0.6 is 0 Å². The molecule has 0 saturated heterocycles. The van der Waals surface area contributed by atoms with Crippen LogP contribution in [0.3, 0.4) is 0 Å². The molecule has 0 atom stereocenters. The van der Waals surface area contributed by atoms with E-state index in [1.165, 1.54) is 22.9 Å². The van der Waals surface area contributed by atoms with Crippen molar-refractivity contribution in [3.8, 4) is 11.4 Å². The molecule has 7 nitrogen and oxygen atoms in total. The van der Waals surface area contributed by atoms with Crippen LogP contribution in [0.2, 0.25) is 0 Å². The highest BCUT2D eigenvalue weighted by atomic mass is 19.1. The average molecular weight is 341 g/mol. The zero-order valence-electron chi connectivity index (χ0n) is 13.5. The summed E-state index contributed by atoms with van der Waals surface area (Å²) in [5.41, 5.74) is 0.700. The van der Waals surface area contributed by atoms with Gasteiger partial charge in [-0.3, -0.25) is 4.79 Å². The number of ether oxygens (including phenoxy) is 1. The van der Waals surface area contributed by atoms with Gasteiger partial charge in [0.05, 0.1) is 24.4 Å². The van der Waals surface area contributed by atoms with Gasteiger partial charge >= 0.3 is 0 Å². The van der Waals surface area contributed by atoms with Gasteiger partial charge in [0, 0.05) is 0 Å². The molecule has 1 amide bonds. The number of nitrogens with one attached hydrogen (secondary N) is 1. The minimum absolute atomic E-state index is 0.0254. The Morgan fingerprint density at radius 1 is 1.20 bits per heavy atom. The third-order valence-corrected chi connectivity index (χ3v) is 3.45. The fraction of sp³-hybridized carbons (Fsp3) is 0.176. The number of nitrogens with zero attached hydrogens (tertiary/aromatic N) is 4. The Morgan fingerprint density at radius 3 is 2.68 bits per heavy atom. The third-order valence-electron chi connectivity index (χ3n) is 3.45. The minimum Gasteiger partial charge on any atom is -0.494 e. The minimum atomic E-state index is -0.578. The van der Waals surface area contributed by atoms with E-state index >= 15 is 0 Å². The Hall–Kier alpha value is -3.29. The third kappa shape index (κ3) is 3.79. The molecular weight excluding hydrogens is 325 g/mol. The number of halogens is 1. The summed E-state index contributed by atoms with van der Waals surface area (Å²) in [4.78, 5) is 12.1. The molecule has 8 heteroatoms. The first-order chi connectivity index (χ1) is 12.2. The molecule has 2 aromatic carbocycles. The normalized spacial score (nSPS) is 10.5. The van der Waals surface area contributed by atoms with Gasteiger partial charge < -0.3 is 10.1 Å². The van der Waals surface area contributed by atoms with Gasteiger partial charge in [-0.15, -0.1) is 5.10 Å². The summed E-state index contributed by atoms with van der Waals surface area (Å²) < 4.78 is 20.5. The number of carbonyl (C=O) groups is 1. The second-order valence-corrected chi connectivity index (χ2v) is 5.10. The van der Waals surface area contributed by atoms with Crippen molar-refractivity contribution in [3.05, 3.63) is 65.7 Å². The van der Waals surface area contributed by atoms with Gasteiger partial charge in [-0.2, -0.15) is 4.68 Å². The molecule has 1 N–H and O–H groups in total. The first kappa shape index (κ1) is 16.6. The van der Waals surface area contributed by atoms with Crippen molar-refractivity contribution in [2.75, 3.05) is 6.61 Å². The molecular formula is C17H16FN5O2. The van der Waals surface area contributed by atoms with Crippen molar-refractivity contribution in [2.45, 2.75) is 13.5 Å². The highest BCUT2D eigenvalue weighted by Gasteiger charge is 2.13. The van der Waals surface area contributed by atoms with E-state index in [0.29, 0.717) is 12.4 Å². The standard InChI is InChI=1S/C17H16FN5O2/c1-2-25-13-9-7-12(8-10-13)23-16(20-21-22-23)11-19-17(24)14-5-3-4-6-15(14)18/h3-10H,2,11H2,1H3,(H,19,24). The molecule has 128 valence electrons. The largest absolute Gasteiger partial charge is 0.494 e. The van der Waals surface area contributed by atoms with E-state index in [0.717, 1.165) is 11.4 Å². The lowest BCUT2D eigenvalue weighted by Gasteiger charge is -2.08. The van der Waals surface area contributed by atoms with Crippen molar-refractivity contribution in [1.29, 1.82) is 0 Å². The Balaban J connectivity index is 1.72.